The van der Waals surface area contributed by atoms with Crippen molar-refractivity contribution in [2.24, 2.45) is 0 Å². The van der Waals surface area contributed by atoms with Gasteiger partial charge in [0, 0.05) is 0 Å². The van der Waals surface area contributed by atoms with E-state index in [0.717, 1.165) is 36.8 Å². The van der Waals surface area contributed by atoms with E-state index in [0.29, 0.717) is 11.3 Å². The highest BCUT2D eigenvalue weighted by Gasteiger charge is 2.42. The van der Waals surface area contributed by atoms with E-state index in [-0.39, 0.29) is 17.9 Å². The molecule has 0 saturated heterocycles. The highest BCUT2D eigenvalue weighted by Crippen LogP contribution is 2.42. The third-order valence-electron chi connectivity index (χ3n) is 6.29. The van der Waals surface area contributed by atoms with Gasteiger partial charge in [0.15, 0.2) is 0 Å². The van der Waals surface area contributed by atoms with Crippen LogP contribution in [0, 0.1) is 0 Å². The van der Waals surface area contributed by atoms with E-state index < -0.39 is 5.41 Å². The maximum absolute atomic E-state index is 13.5. The second-order valence-corrected chi connectivity index (χ2v) is 8.26. The highest BCUT2D eigenvalue weighted by atomic mass is 16.2. The molecule has 2 amide bonds. The molecule has 3 aromatic rings. The van der Waals surface area contributed by atoms with E-state index in [4.69, 9.17) is 0 Å². The fourth-order valence-electron chi connectivity index (χ4n) is 4.51. The summed E-state index contributed by atoms with van der Waals surface area (Å²) in [6, 6.07) is 26.9. The fourth-order valence-corrected chi connectivity index (χ4v) is 4.51. The highest BCUT2D eigenvalue weighted by molar-refractivity contribution is 6.06. The molecule has 2 N–H and O–H groups in total. The Morgan fingerprint density at radius 2 is 1.39 bits per heavy atom. The number of nitrogens with one attached hydrogen (secondary N) is 2. The van der Waals surface area contributed by atoms with Gasteiger partial charge in [-0.25, -0.2) is 0 Å². The van der Waals surface area contributed by atoms with Crippen LogP contribution in [0.2, 0.25) is 0 Å². The van der Waals surface area contributed by atoms with Gasteiger partial charge in [0.05, 0.1) is 22.7 Å². The molecule has 158 valence electrons. The van der Waals surface area contributed by atoms with Crippen LogP contribution < -0.4 is 10.6 Å². The molecule has 4 nitrogen and oxygen atoms in total. The molecule has 1 unspecified atom stereocenters. The van der Waals surface area contributed by atoms with Crippen LogP contribution in [0.4, 0.5) is 5.69 Å². The summed E-state index contributed by atoms with van der Waals surface area (Å²) in [5.41, 5.74) is 2.56. The predicted molar refractivity (Wildman–Crippen MR) is 124 cm³/mol. The molecule has 0 aromatic heterocycles. The number of carbonyl (C=O) groups is 2. The van der Waals surface area contributed by atoms with Crippen LogP contribution in [-0.4, -0.2) is 11.8 Å². The molecular formula is C27H28N2O2. The van der Waals surface area contributed by atoms with Crippen molar-refractivity contribution in [2.45, 2.75) is 44.1 Å². The van der Waals surface area contributed by atoms with Crippen molar-refractivity contribution in [1.29, 1.82) is 0 Å². The van der Waals surface area contributed by atoms with Gasteiger partial charge in [-0.3, -0.25) is 9.59 Å². The van der Waals surface area contributed by atoms with Crippen LogP contribution in [0.5, 0.6) is 0 Å². The smallest absolute Gasteiger partial charge is 0.253 e. The van der Waals surface area contributed by atoms with E-state index in [1.807, 2.05) is 79.7 Å². The normalized spacial score (nSPS) is 15.8. The minimum Gasteiger partial charge on any atom is -0.345 e. The van der Waals surface area contributed by atoms with Crippen molar-refractivity contribution in [3.8, 4) is 0 Å². The molecule has 3 aromatic carbocycles. The number of hydrogen-bond acceptors (Lipinski definition) is 2. The van der Waals surface area contributed by atoms with Gasteiger partial charge in [-0.05, 0) is 43.0 Å². The zero-order valence-corrected chi connectivity index (χ0v) is 17.8. The second-order valence-electron chi connectivity index (χ2n) is 8.26. The molecule has 4 heteroatoms. The lowest BCUT2D eigenvalue weighted by Crippen LogP contribution is -2.38. The Hall–Kier alpha value is -3.40. The summed E-state index contributed by atoms with van der Waals surface area (Å²) in [6.07, 6.45) is 3.70. The van der Waals surface area contributed by atoms with Crippen LogP contribution in [-0.2, 0) is 10.2 Å². The topological polar surface area (TPSA) is 58.2 Å². The lowest BCUT2D eigenvalue weighted by Gasteiger charge is -2.29. The van der Waals surface area contributed by atoms with Gasteiger partial charge in [0.1, 0.15) is 0 Å². The van der Waals surface area contributed by atoms with Gasteiger partial charge in [0.25, 0.3) is 5.91 Å². The molecule has 0 spiro atoms. The molecule has 0 bridgehead atoms. The standard InChI is InChI=1S/C27H28N2O2/c1-20(21-12-4-2-5-13-21)28-25(30)23-16-8-9-17-24(23)29-26(31)27(18-10-11-19-27)22-14-6-3-7-15-22/h2-9,12-17,20H,10-11,18-19H2,1H3,(H,28,30)(H,29,31). The first-order valence-corrected chi connectivity index (χ1v) is 10.9. The molecule has 1 aliphatic carbocycles. The third kappa shape index (κ3) is 4.38. The Morgan fingerprint density at radius 3 is 2.06 bits per heavy atom. The minimum atomic E-state index is -0.540. The van der Waals surface area contributed by atoms with Gasteiger partial charge < -0.3 is 10.6 Å². The molecule has 1 saturated carbocycles. The van der Waals surface area contributed by atoms with Gasteiger partial charge in [0.2, 0.25) is 5.91 Å². The zero-order valence-electron chi connectivity index (χ0n) is 17.8. The molecule has 4 rings (SSSR count). The first kappa shape index (κ1) is 20.9. The van der Waals surface area contributed by atoms with Crippen LogP contribution in [0.15, 0.2) is 84.9 Å². The molecule has 1 aliphatic rings. The van der Waals surface area contributed by atoms with Crippen molar-refractivity contribution < 1.29 is 9.59 Å². The molecule has 31 heavy (non-hydrogen) atoms. The van der Waals surface area contributed by atoms with Crippen LogP contribution >= 0.6 is 0 Å². The lowest BCUT2D eigenvalue weighted by molar-refractivity contribution is -0.121. The molecule has 0 heterocycles. The van der Waals surface area contributed by atoms with Gasteiger partial charge in [-0.1, -0.05) is 85.6 Å². The first-order chi connectivity index (χ1) is 15.1. The Balaban J connectivity index is 1.56. The van der Waals surface area contributed by atoms with E-state index in [2.05, 4.69) is 10.6 Å². The summed E-state index contributed by atoms with van der Waals surface area (Å²) in [6.45, 7) is 1.96. The van der Waals surface area contributed by atoms with E-state index in [9.17, 15) is 9.59 Å². The molecule has 1 fully saturated rings. The van der Waals surface area contributed by atoms with Crippen molar-refractivity contribution in [3.63, 3.8) is 0 Å². The fraction of sp³-hybridized carbons (Fsp3) is 0.259. The molecule has 1 atom stereocenters. The number of hydrogen-bond donors (Lipinski definition) is 2. The Kier molecular flexibility index (Phi) is 6.17. The number of amides is 2. The Morgan fingerprint density at radius 1 is 0.806 bits per heavy atom. The van der Waals surface area contributed by atoms with Crippen LogP contribution in [0.1, 0.15) is 60.1 Å². The maximum atomic E-state index is 13.5. The van der Waals surface area contributed by atoms with Crippen molar-refractivity contribution in [3.05, 3.63) is 102 Å². The summed E-state index contributed by atoms with van der Waals surface area (Å²) >= 11 is 0. The van der Waals surface area contributed by atoms with Gasteiger partial charge >= 0.3 is 0 Å². The van der Waals surface area contributed by atoms with Gasteiger partial charge in [-0.15, -0.1) is 0 Å². The van der Waals surface area contributed by atoms with Crippen LogP contribution in [0.3, 0.4) is 0 Å². The maximum Gasteiger partial charge on any atom is 0.253 e. The molecule has 0 aliphatic heterocycles. The number of rotatable bonds is 6. The largest absolute Gasteiger partial charge is 0.345 e. The zero-order chi connectivity index (χ0) is 21.7. The third-order valence-corrected chi connectivity index (χ3v) is 6.29. The summed E-state index contributed by atoms with van der Waals surface area (Å²) in [7, 11) is 0. The quantitative estimate of drug-likeness (QED) is 0.551. The monoisotopic (exact) mass is 412 g/mol. The number of carbonyl (C=O) groups excluding carboxylic acids is 2. The second kappa shape index (κ2) is 9.17. The summed E-state index contributed by atoms with van der Waals surface area (Å²) in [5, 5.41) is 6.13. The number of benzene rings is 3. The van der Waals surface area contributed by atoms with Crippen LogP contribution in [0.25, 0.3) is 0 Å². The van der Waals surface area contributed by atoms with E-state index in [1.54, 1.807) is 12.1 Å². The Labute approximate surface area is 183 Å². The summed E-state index contributed by atoms with van der Waals surface area (Å²) in [5.74, 6) is -0.236. The van der Waals surface area contributed by atoms with E-state index >= 15 is 0 Å². The predicted octanol–water partition coefficient (Wildman–Crippen LogP) is 5.63. The van der Waals surface area contributed by atoms with E-state index in [1.165, 1.54) is 0 Å². The summed E-state index contributed by atoms with van der Waals surface area (Å²) < 4.78 is 0. The molecular weight excluding hydrogens is 384 g/mol. The van der Waals surface area contributed by atoms with Crippen molar-refractivity contribution >= 4 is 17.5 Å². The minimum absolute atomic E-state index is 0.0347. The lowest BCUT2D eigenvalue weighted by atomic mass is 9.78. The first-order valence-electron chi connectivity index (χ1n) is 10.9. The average molecular weight is 413 g/mol. The van der Waals surface area contributed by atoms with Crippen molar-refractivity contribution in [2.75, 3.05) is 5.32 Å². The Bertz CT molecular complexity index is 1040. The number of para-hydroxylation sites is 1. The van der Waals surface area contributed by atoms with Gasteiger partial charge in [-0.2, -0.15) is 0 Å². The van der Waals surface area contributed by atoms with Crippen molar-refractivity contribution in [1.82, 2.24) is 5.32 Å². The number of anilines is 1. The average Bonchev–Trinajstić information content (AvgIpc) is 3.32. The SMILES string of the molecule is CC(NC(=O)c1ccccc1NC(=O)C1(c2ccccc2)CCCC1)c1ccccc1. The molecule has 0 radical (unpaired) electrons. The summed E-state index contributed by atoms with van der Waals surface area (Å²) in [4.78, 5) is 26.6.